The van der Waals surface area contributed by atoms with Crippen molar-refractivity contribution in [2.24, 2.45) is 5.92 Å². The largest absolute Gasteiger partial charge is 0.497 e. The lowest BCUT2D eigenvalue weighted by Crippen LogP contribution is -2.54. The number of rotatable bonds is 4. The van der Waals surface area contributed by atoms with E-state index < -0.39 is 0 Å². The summed E-state index contributed by atoms with van der Waals surface area (Å²) in [5, 5.41) is 3.72. The number of benzene rings is 2. The van der Waals surface area contributed by atoms with Crippen LogP contribution in [0.2, 0.25) is 0 Å². The summed E-state index contributed by atoms with van der Waals surface area (Å²) in [5.74, 6) is 1.32. The Bertz CT molecular complexity index is 745. The molecule has 1 saturated heterocycles. The molecular formula is C22H32Cl2N2O3. The molecule has 7 heteroatoms. The van der Waals surface area contributed by atoms with Crippen LogP contribution in [0.1, 0.15) is 24.2 Å². The first-order valence-corrected chi connectivity index (χ1v) is 9.58. The van der Waals surface area contributed by atoms with Gasteiger partial charge in [-0.15, -0.1) is 24.8 Å². The fraction of sp³-hybridized carbons (Fsp3) is 0.455. The van der Waals surface area contributed by atoms with Gasteiger partial charge in [-0.05, 0) is 41.8 Å². The zero-order valence-electron chi connectivity index (χ0n) is 17.0. The van der Waals surface area contributed by atoms with Gasteiger partial charge in [-0.1, -0.05) is 31.2 Å². The maximum atomic E-state index is 6.22. The quantitative estimate of drug-likeness (QED) is 0.787. The molecule has 0 aromatic heterocycles. The SMILES string of the molecule is COc1ccc(N2CCNC(C(C)C3OCCc4ccccc43)C2)cc1.Cl.Cl.O. The molecule has 2 aromatic carbocycles. The normalized spacial score (nSPS) is 21.5. The van der Waals surface area contributed by atoms with Crippen molar-refractivity contribution in [1.82, 2.24) is 5.32 Å². The van der Waals surface area contributed by atoms with Gasteiger partial charge in [0.15, 0.2) is 0 Å². The number of hydrogen-bond donors (Lipinski definition) is 1. The van der Waals surface area contributed by atoms with E-state index in [-0.39, 0.29) is 36.4 Å². The fourth-order valence-electron chi connectivity index (χ4n) is 4.23. The molecule has 0 radical (unpaired) electrons. The van der Waals surface area contributed by atoms with Gasteiger partial charge in [0.2, 0.25) is 0 Å². The zero-order chi connectivity index (χ0) is 17.9. The van der Waals surface area contributed by atoms with Crippen LogP contribution in [0.3, 0.4) is 0 Å². The third-order valence-corrected chi connectivity index (χ3v) is 5.79. The van der Waals surface area contributed by atoms with E-state index in [1.807, 2.05) is 12.1 Å². The van der Waals surface area contributed by atoms with Crippen LogP contribution in [0, 0.1) is 5.92 Å². The van der Waals surface area contributed by atoms with Crippen LogP contribution in [0.4, 0.5) is 5.69 Å². The van der Waals surface area contributed by atoms with Crippen LogP contribution in [-0.2, 0) is 11.2 Å². The summed E-state index contributed by atoms with van der Waals surface area (Å²) in [6, 6.07) is 17.5. The van der Waals surface area contributed by atoms with Crippen molar-refractivity contribution >= 4 is 30.5 Å². The average Bonchev–Trinajstić information content (AvgIpc) is 2.73. The predicted molar refractivity (Wildman–Crippen MR) is 123 cm³/mol. The molecule has 0 saturated carbocycles. The molecule has 2 heterocycles. The number of hydrogen-bond acceptors (Lipinski definition) is 4. The highest BCUT2D eigenvalue weighted by Gasteiger charge is 2.33. The van der Waals surface area contributed by atoms with Crippen LogP contribution < -0.4 is 15.0 Å². The van der Waals surface area contributed by atoms with Crippen molar-refractivity contribution in [2.75, 3.05) is 38.3 Å². The van der Waals surface area contributed by atoms with Gasteiger partial charge >= 0.3 is 0 Å². The Morgan fingerprint density at radius 2 is 1.83 bits per heavy atom. The van der Waals surface area contributed by atoms with Crippen LogP contribution in [-0.4, -0.2) is 44.9 Å². The van der Waals surface area contributed by atoms with Crippen molar-refractivity contribution in [3.05, 3.63) is 59.7 Å². The lowest BCUT2D eigenvalue weighted by molar-refractivity contribution is -0.00538. The smallest absolute Gasteiger partial charge is 0.119 e. The molecule has 2 aromatic rings. The first-order valence-electron chi connectivity index (χ1n) is 9.58. The number of ether oxygens (including phenoxy) is 2. The molecule has 2 aliphatic heterocycles. The minimum atomic E-state index is 0. The number of nitrogens with one attached hydrogen (secondary N) is 1. The second-order valence-electron chi connectivity index (χ2n) is 7.30. The first-order chi connectivity index (χ1) is 12.8. The van der Waals surface area contributed by atoms with Gasteiger partial charge < -0.3 is 25.2 Å². The number of fused-ring (bicyclic) bond motifs is 1. The highest BCUT2D eigenvalue weighted by Crippen LogP contribution is 2.35. The first kappa shape index (κ1) is 25.5. The molecular weight excluding hydrogens is 411 g/mol. The Hall–Kier alpha value is -1.50. The fourth-order valence-corrected chi connectivity index (χ4v) is 4.23. The highest BCUT2D eigenvalue weighted by molar-refractivity contribution is 5.85. The van der Waals surface area contributed by atoms with E-state index in [4.69, 9.17) is 9.47 Å². The molecule has 29 heavy (non-hydrogen) atoms. The van der Waals surface area contributed by atoms with Crippen LogP contribution >= 0.6 is 24.8 Å². The molecule has 162 valence electrons. The summed E-state index contributed by atoms with van der Waals surface area (Å²) in [7, 11) is 1.71. The van der Waals surface area contributed by atoms with Gasteiger partial charge in [0, 0.05) is 37.3 Å². The van der Waals surface area contributed by atoms with Crippen LogP contribution in [0.5, 0.6) is 5.75 Å². The molecule has 1 fully saturated rings. The molecule has 4 rings (SSSR count). The second kappa shape index (κ2) is 11.6. The maximum absolute atomic E-state index is 6.22. The molecule has 0 spiro atoms. The van der Waals surface area contributed by atoms with E-state index in [0.717, 1.165) is 38.4 Å². The van der Waals surface area contributed by atoms with Gasteiger partial charge in [0.25, 0.3) is 0 Å². The van der Waals surface area contributed by atoms with Gasteiger partial charge in [0.1, 0.15) is 5.75 Å². The third-order valence-electron chi connectivity index (χ3n) is 5.79. The average molecular weight is 443 g/mol. The van der Waals surface area contributed by atoms with E-state index in [1.54, 1.807) is 7.11 Å². The minimum Gasteiger partial charge on any atom is -0.497 e. The van der Waals surface area contributed by atoms with Crippen LogP contribution in [0.25, 0.3) is 0 Å². The van der Waals surface area contributed by atoms with Crippen molar-refractivity contribution in [3.8, 4) is 5.75 Å². The van der Waals surface area contributed by atoms with Crippen molar-refractivity contribution in [3.63, 3.8) is 0 Å². The van der Waals surface area contributed by atoms with Crippen LogP contribution in [0.15, 0.2) is 48.5 Å². The lowest BCUT2D eigenvalue weighted by atomic mass is 9.85. The van der Waals surface area contributed by atoms with E-state index in [0.29, 0.717) is 12.0 Å². The standard InChI is InChI=1S/C22H28N2O2.2ClH.H2O/c1-16(22-20-6-4-3-5-17(20)11-14-26-22)21-15-24(13-12-23-21)18-7-9-19(25-2)10-8-18;;;/h3-10,16,21-23H,11-15H2,1-2H3;2*1H;1H2. The summed E-state index contributed by atoms with van der Waals surface area (Å²) < 4.78 is 11.5. The predicted octanol–water partition coefficient (Wildman–Crippen LogP) is 3.44. The van der Waals surface area contributed by atoms with E-state index in [1.165, 1.54) is 16.8 Å². The zero-order valence-corrected chi connectivity index (χ0v) is 18.6. The Morgan fingerprint density at radius 3 is 2.55 bits per heavy atom. The number of halogens is 2. The molecule has 0 bridgehead atoms. The van der Waals surface area contributed by atoms with Crippen molar-refractivity contribution < 1.29 is 14.9 Å². The summed E-state index contributed by atoms with van der Waals surface area (Å²) in [5.41, 5.74) is 4.07. The highest BCUT2D eigenvalue weighted by atomic mass is 35.5. The maximum Gasteiger partial charge on any atom is 0.119 e. The van der Waals surface area contributed by atoms with E-state index >= 15 is 0 Å². The summed E-state index contributed by atoms with van der Waals surface area (Å²) in [6.07, 6.45) is 1.20. The molecule has 5 nitrogen and oxygen atoms in total. The summed E-state index contributed by atoms with van der Waals surface area (Å²) in [6.45, 7) is 6.16. The van der Waals surface area contributed by atoms with Gasteiger partial charge in [-0.25, -0.2) is 0 Å². The molecule has 3 unspecified atom stereocenters. The van der Waals surface area contributed by atoms with E-state index in [2.05, 4.69) is 53.5 Å². The minimum absolute atomic E-state index is 0. The Morgan fingerprint density at radius 1 is 1.10 bits per heavy atom. The summed E-state index contributed by atoms with van der Waals surface area (Å²) in [4.78, 5) is 2.46. The topological polar surface area (TPSA) is 65.2 Å². The molecule has 3 N–H and O–H groups in total. The molecule has 0 aliphatic carbocycles. The van der Waals surface area contributed by atoms with Gasteiger partial charge in [-0.2, -0.15) is 0 Å². The second-order valence-corrected chi connectivity index (χ2v) is 7.30. The van der Waals surface area contributed by atoms with Gasteiger partial charge in [0.05, 0.1) is 19.8 Å². The molecule has 2 aliphatic rings. The molecule has 3 atom stereocenters. The Labute approximate surface area is 185 Å². The molecule has 0 amide bonds. The lowest BCUT2D eigenvalue weighted by Gasteiger charge is -2.41. The number of methoxy groups -OCH3 is 1. The van der Waals surface area contributed by atoms with Crippen molar-refractivity contribution in [2.45, 2.75) is 25.5 Å². The van der Waals surface area contributed by atoms with Crippen molar-refractivity contribution in [1.29, 1.82) is 0 Å². The monoisotopic (exact) mass is 442 g/mol. The third kappa shape index (κ3) is 5.56. The van der Waals surface area contributed by atoms with E-state index in [9.17, 15) is 0 Å². The Balaban J connectivity index is 0.00000140. The number of nitrogens with zero attached hydrogens (tertiary/aromatic N) is 1. The number of piperazine rings is 1. The number of anilines is 1. The Kier molecular flexibility index (Phi) is 10.2. The van der Waals surface area contributed by atoms with Gasteiger partial charge in [-0.3, -0.25) is 0 Å². The summed E-state index contributed by atoms with van der Waals surface area (Å²) >= 11 is 0.